The number of ether oxygens (including phenoxy) is 4. The number of hydrogen-bond donors (Lipinski definition) is 0. The molecule has 5 rings (SSSR count). The molecule has 3 aromatic rings. The molecule has 1 amide bonds. The first-order valence-electron chi connectivity index (χ1n) is 11.8. The van der Waals surface area contributed by atoms with Gasteiger partial charge in [0.05, 0.1) is 26.9 Å². The fraction of sp³-hybridized carbons (Fsp3) is 0.286. The Hall–Kier alpha value is -4.20. The standard InChI is InChI=1S/C28H29N3O5/c1-18-5-8-22-25(15-18)36-23-10-7-20(33-2)17-21(23)27(29-22)30-11-13-31(14-12-30)28(32)19-6-9-24(34-3)26(16-19)35-4/h5-10,15-17H,11-14H2,1-4H3. The second kappa shape index (κ2) is 9.81. The zero-order valence-electron chi connectivity index (χ0n) is 20.9. The highest BCUT2D eigenvalue weighted by Gasteiger charge is 2.28. The Kier molecular flexibility index (Phi) is 6.41. The largest absolute Gasteiger partial charge is 0.497 e. The molecule has 0 atom stereocenters. The van der Waals surface area contributed by atoms with Crippen molar-refractivity contribution in [3.05, 3.63) is 71.3 Å². The third-order valence-electron chi connectivity index (χ3n) is 6.49. The summed E-state index contributed by atoms with van der Waals surface area (Å²) in [7, 11) is 4.79. The van der Waals surface area contributed by atoms with E-state index in [9.17, 15) is 4.79 Å². The van der Waals surface area contributed by atoms with Crippen molar-refractivity contribution in [2.75, 3.05) is 47.5 Å². The Bertz CT molecular complexity index is 1330. The number of amidine groups is 1. The third-order valence-corrected chi connectivity index (χ3v) is 6.49. The fourth-order valence-electron chi connectivity index (χ4n) is 4.50. The quantitative estimate of drug-likeness (QED) is 0.533. The number of carbonyl (C=O) groups is 1. The van der Waals surface area contributed by atoms with E-state index in [1.54, 1.807) is 39.5 Å². The van der Waals surface area contributed by atoms with Crippen molar-refractivity contribution in [3.8, 4) is 28.7 Å². The van der Waals surface area contributed by atoms with Crippen LogP contribution in [0.5, 0.6) is 28.7 Å². The van der Waals surface area contributed by atoms with E-state index < -0.39 is 0 Å². The van der Waals surface area contributed by atoms with Gasteiger partial charge in [-0.2, -0.15) is 0 Å². The van der Waals surface area contributed by atoms with Gasteiger partial charge in [-0.1, -0.05) is 6.07 Å². The van der Waals surface area contributed by atoms with E-state index >= 15 is 0 Å². The summed E-state index contributed by atoms with van der Waals surface area (Å²) in [5.74, 6) is 4.08. The number of methoxy groups -OCH3 is 3. The molecule has 3 aromatic carbocycles. The minimum absolute atomic E-state index is 0.0374. The molecule has 36 heavy (non-hydrogen) atoms. The molecule has 186 valence electrons. The molecule has 0 saturated carbocycles. The van der Waals surface area contributed by atoms with Crippen LogP contribution in [0, 0.1) is 6.92 Å². The first-order valence-corrected chi connectivity index (χ1v) is 11.8. The molecule has 8 heteroatoms. The Morgan fingerprint density at radius 1 is 0.833 bits per heavy atom. The number of fused-ring (bicyclic) bond motifs is 2. The van der Waals surface area contributed by atoms with Crippen LogP contribution in [0.3, 0.4) is 0 Å². The van der Waals surface area contributed by atoms with E-state index in [0.717, 1.165) is 39.9 Å². The molecular formula is C28H29N3O5. The smallest absolute Gasteiger partial charge is 0.254 e. The number of aryl methyl sites for hydroxylation is 1. The van der Waals surface area contributed by atoms with Gasteiger partial charge < -0.3 is 28.7 Å². The summed E-state index contributed by atoms with van der Waals surface area (Å²) < 4.78 is 22.4. The van der Waals surface area contributed by atoms with Crippen LogP contribution in [0.4, 0.5) is 5.69 Å². The van der Waals surface area contributed by atoms with E-state index in [1.165, 1.54) is 0 Å². The number of amides is 1. The lowest BCUT2D eigenvalue weighted by atomic mass is 10.1. The lowest BCUT2D eigenvalue weighted by Gasteiger charge is -2.36. The van der Waals surface area contributed by atoms with Crippen molar-refractivity contribution < 1.29 is 23.7 Å². The van der Waals surface area contributed by atoms with Crippen molar-refractivity contribution in [3.63, 3.8) is 0 Å². The van der Waals surface area contributed by atoms with Gasteiger partial charge in [-0.05, 0) is 61.0 Å². The van der Waals surface area contributed by atoms with E-state index in [4.69, 9.17) is 23.9 Å². The van der Waals surface area contributed by atoms with Crippen LogP contribution in [-0.4, -0.2) is 69.1 Å². The van der Waals surface area contributed by atoms with Crippen LogP contribution < -0.4 is 18.9 Å². The summed E-state index contributed by atoms with van der Waals surface area (Å²) in [6.07, 6.45) is 0. The highest BCUT2D eigenvalue weighted by atomic mass is 16.5. The lowest BCUT2D eigenvalue weighted by Crippen LogP contribution is -2.50. The lowest BCUT2D eigenvalue weighted by molar-refractivity contribution is 0.0691. The second-order valence-electron chi connectivity index (χ2n) is 8.72. The number of carbonyl (C=O) groups excluding carboxylic acids is 1. The molecule has 1 fully saturated rings. The van der Waals surface area contributed by atoms with Crippen LogP contribution >= 0.6 is 0 Å². The average Bonchev–Trinajstić information content (AvgIpc) is 3.08. The topological polar surface area (TPSA) is 72.8 Å². The molecule has 2 aliphatic heterocycles. The van der Waals surface area contributed by atoms with Gasteiger partial charge in [0, 0.05) is 31.7 Å². The number of nitrogens with zero attached hydrogens (tertiary/aromatic N) is 3. The molecule has 2 heterocycles. The molecule has 8 nitrogen and oxygen atoms in total. The maximum atomic E-state index is 13.2. The van der Waals surface area contributed by atoms with Crippen molar-refractivity contribution in [2.24, 2.45) is 4.99 Å². The number of rotatable bonds is 4. The molecule has 0 unspecified atom stereocenters. The van der Waals surface area contributed by atoms with Gasteiger partial charge in [0.1, 0.15) is 23.0 Å². The van der Waals surface area contributed by atoms with Gasteiger partial charge >= 0.3 is 0 Å². The molecule has 0 aliphatic carbocycles. The summed E-state index contributed by atoms with van der Waals surface area (Å²) in [6.45, 7) is 4.42. The minimum Gasteiger partial charge on any atom is -0.497 e. The molecule has 0 spiro atoms. The highest BCUT2D eigenvalue weighted by Crippen LogP contribution is 2.40. The van der Waals surface area contributed by atoms with Gasteiger partial charge in [-0.25, -0.2) is 4.99 Å². The van der Waals surface area contributed by atoms with Gasteiger partial charge in [-0.15, -0.1) is 0 Å². The molecule has 0 bridgehead atoms. The summed E-state index contributed by atoms with van der Waals surface area (Å²) in [4.78, 5) is 22.3. The Morgan fingerprint density at radius 3 is 2.33 bits per heavy atom. The van der Waals surface area contributed by atoms with Gasteiger partial charge in [0.15, 0.2) is 17.2 Å². The van der Waals surface area contributed by atoms with Crippen LogP contribution in [-0.2, 0) is 0 Å². The van der Waals surface area contributed by atoms with Gasteiger partial charge in [0.2, 0.25) is 0 Å². The zero-order chi connectivity index (χ0) is 25.2. The normalized spacial score (nSPS) is 14.6. The minimum atomic E-state index is -0.0374. The summed E-state index contributed by atoms with van der Waals surface area (Å²) in [5, 5.41) is 0. The monoisotopic (exact) mass is 487 g/mol. The first-order chi connectivity index (χ1) is 17.5. The van der Waals surface area contributed by atoms with Gasteiger partial charge in [0.25, 0.3) is 5.91 Å². The Morgan fingerprint density at radius 2 is 1.61 bits per heavy atom. The molecule has 1 saturated heterocycles. The van der Waals surface area contributed by atoms with Crippen LogP contribution in [0.25, 0.3) is 0 Å². The van der Waals surface area contributed by atoms with Crippen LogP contribution in [0.15, 0.2) is 59.6 Å². The molecule has 2 aliphatic rings. The average molecular weight is 488 g/mol. The predicted octanol–water partition coefficient (Wildman–Crippen LogP) is 4.66. The van der Waals surface area contributed by atoms with E-state index in [1.807, 2.05) is 48.2 Å². The third kappa shape index (κ3) is 4.42. The zero-order valence-corrected chi connectivity index (χ0v) is 20.9. The maximum absolute atomic E-state index is 13.2. The first kappa shape index (κ1) is 23.5. The summed E-state index contributed by atoms with van der Waals surface area (Å²) in [6, 6.07) is 17.0. The number of hydrogen-bond acceptors (Lipinski definition) is 7. The maximum Gasteiger partial charge on any atom is 0.254 e. The highest BCUT2D eigenvalue weighted by molar-refractivity contribution is 6.04. The van der Waals surface area contributed by atoms with Crippen molar-refractivity contribution in [1.29, 1.82) is 0 Å². The van der Waals surface area contributed by atoms with Gasteiger partial charge in [-0.3, -0.25) is 4.79 Å². The molecule has 0 radical (unpaired) electrons. The number of piperazine rings is 1. The fourth-order valence-corrected chi connectivity index (χ4v) is 4.50. The molecular weight excluding hydrogens is 458 g/mol. The Balaban J connectivity index is 1.41. The summed E-state index contributed by atoms with van der Waals surface area (Å²) in [5.41, 5.74) is 3.31. The predicted molar refractivity (Wildman–Crippen MR) is 137 cm³/mol. The van der Waals surface area contributed by atoms with Crippen LogP contribution in [0.1, 0.15) is 21.5 Å². The van der Waals surface area contributed by atoms with E-state index in [0.29, 0.717) is 43.2 Å². The molecule has 0 N–H and O–H groups in total. The summed E-state index contributed by atoms with van der Waals surface area (Å²) >= 11 is 0. The number of aliphatic imine (C=N–C) groups is 1. The van der Waals surface area contributed by atoms with E-state index in [2.05, 4.69) is 4.90 Å². The van der Waals surface area contributed by atoms with Crippen molar-refractivity contribution >= 4 is 17.4 Å². The van der Waals surface area contributed by atoms with Crippen LogP contribution in [0.2, 0.25) is 0 Å². The van der Waals surface area contributed by atoms with Crippen molar-refractivity contribution in [2.45, 2.75) is 6.92 Å². The Labute approximate surface area is 210 Å². The second-order valence-corrected chi connectivity index (χ2v) is 8.72. The van der Waals surface area contributed by atoms with Crippen molar-refractivity contribution in [1.82, 2.24) is 9.80 Å². The van der Waals surface area contributed by atoms with E-state index in [-0.39, 0.29) is 5.91 Å². The SMILES string of the molecule is COc1ccc2c(c1)C(N1CCN(C(=O)c3ccc(OC)c(OC)c3)CC1)=Nc1ccc(C)cc1O2. The molecule has 0 aromatic heterocycles. The number of benzene rings is 3.